The Morgan fingerprint density at radius 3 is 2.38 bits per heavy atom. The number of halogens is 1. The standard InChI is InChI=1S/C20H22FN3O2/c1-14(2)11-18(15-7-4-3-5-8-15)23-24-19(25)13-22-20(26)16-9-6-10-17(21)12-16/h3-10,12,14H,11,13H2,1-2H3,(H,22,26)(H,24,25)/b23-18-. The minimum Gasteiger partial charge on any atom is -0.343 e. The number of hydrazone groups is 1. The van der Waals surface area contributed by atoms with Crippen LogP contribution in [0.3, 0.4) is 0 Å². The molecule has 0 aliphatic heterocycles. The Labute approximate surface area is 152 Å². The van der Waals surface area contributed by atoms with E-state index < -0.39 is 17.6 Å². The molecule has 2 rings (SSSR count). The second kappa shape index (κ2) is 9.46. The summed E-state index contributed by atoms with van der Waals surface area (Å²) in [5, 5.41) is 6.65. The molecule has 0 radical (unpaired) electrons. The lowest BCUT2D eigenvalue weighted by atomic mass is 10.0. The minimum absolute atomic E-state index is 0.158. The smallest absolute Gasteiger partial charge is 0.259 e. The molecule has 136 valence electrons. The summed E-state index contributed by atoms with van der Waals surface area (Å²) in [4.78, 5) is 23.9. The van der Waals surface area contributed by atoms with Gasteiger partial charge in [0.25, 0.3) is 11.8 Å². The van der Waals surface area contributed by atoms with Crippen LogP contribution in [-0.2, 0) is 4.79 Å². The molecular formula is C20H22FN3O2. The van der Waals surface area contributed by atoms with Gasteiger partial charge in [0.15, 0.2) is 0 Å². The van der Waals surface area contributed by atoms with E-state index >= 15 is 0 Å². The van der Waals surface area contributed by atoms with Crippen LogP contribution in [0.2, 0.25) is 0 Å². The predicted octanol–water partition coefficient (Wildman–Crippen LogP) is 3.12. The van der Waals surface area contributed by atoms with Crippen molar-refractivity contribution < 1.29 is 14.0 Å². The van der Waals surface area contributed by atoms with E-state index in [0.717, 1.165) is 17.3 Å². The molecule has 0 aliphatic rings. The van der Waals surface area contributed by atoms with Crippen LogP contribution in [0.1, 0.15) is 36.2 Å². The third-order valence-corrected chi connectivity index (χ3v) is 3.52. The molecule has 0 bridgehead atoms. The normalized spacial score (nSPS) is 11.3. The number of rotatable bonds is 7. The summed E-state index contributed by atoms with van der Waals surface area (Å²) in [6, 6.07) is 14.9. The summed E-state index contributed by atoms with van der Waals surface area (Å²) in [6.07, 6.45) is 0.708. The van der Waals surface area contributed by atoms with Crippen molar-refractivity contribution in [1.29, 1.82) is 0 Å². The maximum atomic E-state index is 13.1. The molecule has 0 spiro atoms. The highest BCUT2D eigenvalue weighted by Crippen LogP contribution is 2.10. The SMILES string of the molecule is CC(C)C/C(=N/NC(=O)CNC(=O)c1cccc(F)c1)c1ccccc1. The maximum absolute atomic E-state index is 13.1. The van der Waals surface area contributed by atoms with Crippen LogP contribution in [0.25, 0.3) is 0 Å². The molecule has 0 atom stereocenters. The first kappa shape index (κ1) is 19.3. The molecule has 0 aromatic heterocycles. The number of carbonyl (C=O) groups is 2. The maximum Gasteiger partial charge on any atom is 0.259 e. The average Bonchev–Trinajstić information content (AvgIpc) is 2.63. The van der Waals surface area contributed by atoms with Crippen molar-refractivity contribution in [2.24, 2.45) is 11.0 Å². The van der Waals surface area contributed by atoms with Crippen LogP contribution in [-0.4, -0.2) is 24.1 Å². The summed E-state index contributed by atoms with van der Waals surface area (Å²) >= 11 is 0. The van der Waals surface area contributed by atoms with Gasteiger partial charge in [-0.15, -0.1) is 0 Å². The summed E-state index contributed by atoms with van der Waals surface area (Å²) in [6.45, 7) is 3.89. The minimum atomic E-state index is -0.519. The highest BCUT2D eigenvalue weighted by Gasteiger charge is 2.10. The molecule has 2 aromatic carbocycles. The Morgan fingerprint density at radius 1 is 1.04 bits per heavy atom. The van der Waals surface area contributed by atoms with Crippen molar-refractivity contribution in [3.05, 3.63) is 71.5 Å². The predicted molar refractivity (Wildman–Crippen MR) is 99.3 cm³/mol. The van der Waals surface area contributed by atoms with E-state index in [2.05, 4.69) is 29.7 Å². The number of hydrogen-bond donors (Lipinski definition) is 2. The van der Waals surface area contributed by atoms with E-state index in [-0.39, 0.29) is 12.1 Å². The third-order valence-electron chi connectivity index (χ3n) is 3.52. The van der Waals surface area contributed by atoms with Gasteiger partial charge in [0, 0.05) is 5.56 Å². The Balaban J connectivity index is 1.94. The molecule has 5 nitrogen and oxygen atoms in total. The van der Waals surface area contributed by atoms with Gasteiger partial charge in [-0.3, -0.25) is 9.59 Å². The Hall–Kier alpha value is -3.02. The first-order valence-electron chi connectivity index (χ1n) is 8.40. The first-order valence-corrected chi connectivity index (χ1v) is 8.40. The zero-order chi connectivity index (χ0) is 18.9. The first-order chi connectivity index (χ1) is 12.5. The third kappa shape index (κ3) is 6.12. The lowest BCUT2D eigenvalue weighted by Gasteiger charge is -2.10. The van der Waals surface area contributed by atoms with Gasteiger partial charge < -0.3 is 5.32 Å². The van der Waals surface area contributed by atoms with Gasteiger partial charge in [0.1, 0.15) is 5.82 Å². The number of hydrogen-bond acceptors (Lipinski definition) is 3. The number of nitrogens with one attached hydrogen (secondary N) is 2. The lowest BCUT2D eigenvalue weighted by Crippen LogP contribution is -2.35. The van der Waals surface area contributed by atoms with Crippen LogP contribution in [0.4, 0.5) is 4.39 Å². The fraction of sp³-hybridized carbons (Fsp3) is 0.250. The number of benzene rings is 2. The molecule has 0 aliphatic carbocycles. The summed E-state index contributed by atoms with van der Waals surface area (Å²) < 4.78 is 13.1. The fourth-order valence-corrected chi connectivity index (χ4v) is 2.31. The van der Waals surface area contributed by atoms with Gasteiger partial charge >= 0.3 is 0 Å². The molecule has 0 saturated carbocycles. The van der Waals surface area contributed by atoms with Crippen molar-refractivity contribution in [1.82, 2.24) is 10.7 Å². The molecule has 0 unspecified atom stereocenters. The number of carbonyl (C=O) groups excluding carboxylic acids is 2. The van der Waals surface area contributed by atoms with Crippen molar-refractivity contribution >= 4 is 17.5 Å². The largest absolute Gasteiger partial charge is 0.343 e. The molecule has 0 heterocycles. The molecule has 2 N–H and O–H groups in total. The van der Waals surface area contributed by atoms with Crippen LogP contribution in [0, 0.1) is 11.7 Å². The van der Waals surface area contributed by atoms with E-state index in [9.17, 15) is 14.0 Å². The Morgan fingerprint density at radius 2 is 1.73 bits per heavy atom. The molecule has 0 saturated heterocycles. The van der Waals surface area contributed by atoms with Crippen molar-refractivity contribution in [2.45, 2.75) is 20.3 Å². The summed E-state index contributed by atoms with van der Waals surface area (Å²) in [7, 11) is 0. The molecule has 2 aromatic rings. The van der Waals surface area contributed by atoms with E-state index in [1.807, 2.05) is 30.3 Å². The fourth-order valence-electron chi connectivity index (χ4n) is 2.31. The van der Waals surface area contributed by atoms with Crippen LogP contribution in [0.15, 0.2) is 59.7 Å². The van der Waals surface area contributed by atoms with Gasteiger partial charge in [0.05, 0.1) is 12.3 Å². The van der Waals surface area contributed by atoms with Crippen LogP contribution < -0.4 is 10.7 Å². The second-order valence-corrected chi connectivity index (χ2v) is 6.25. The van der Waals surface area contributed by atoms with E-state index in [4.69, 9.17) is 0 Å². The number of amides is 2. The average molecular weight is 355 g/mol. The molecule has 6 heteroatoms. The quantitative estimate of drug-likeness (QED) is 0.592. The van der Waals surface area contributed by atoms with Gasteiger partial charge in [0.2, 0.25) is 0 Å². The second-order valence-electron chi connectivity index (χ2n) is 6.25. The van der Waals surface area contributed by atoms with Crippen molar-refractivity contribution in [2.75, 3.05) is 6.54 Å². The van der Waals surface area contributed by atoms with E-state index in [0.29, 0.717) is 12.3 Å². The van der Waals surface area contributed by atoms with E-state index in [1.165, 1.54) is 18.2 Å². The molecule has 26 heavy (non-hydrogen) atoms. The summed E-state index contributed by atoms with van der Waals surface area (Å²) in [5.41, 5.74) is 4.33. The van der Waals surface area contributed by atoms with Gasteiger partial charge in [-0.1, -0.05) is 50.2 Å². The zero-order valence-electron chi connectivity index (χ0n) is 14.8. The van der Waals surface area contributed by atoms with Gasteiger partial charge in [-0.05, 0) is 36.1 Å². The van der Waals surface area contributed by atoms with Gasteiger partial charge in [-0.2, -0.15) is 5.10 Å². The van der Waals surface area contributed by atoms with Gasteiger partial charge in [-0.25, -0.2) is 9.82 Å². The zero-order valence-corrected chi connectivity index (χ0v) is 14.8. The monoisotopic (exact) mass is 355 g/mol. The lowest BCUT2D eigenvalue weighted by molar-refractivity contribution is -0.120. The summed E-state index contributed by atoms with van der Waals surface area (Å²) in [5.74, 6) is -1.10. The van der Waals surface area contributed by atoms with Crippen LogP contribution >= 0.6 is 0 Å². The van der Waals surface area contributed by atoms with E-state index in [1.54, 1.807) is 0 Å². The Kier molecular flexibility index (Phi) is 7.02. The highest BCUT2D eigenvalue weighted by molar-refractivity contribution is 6.01. The van der Waals surface area contributed by atoms with Crippen molar-refractivity contribution in [3.63, 3.8) is 0 Å². The molecule has 2 amide bonds. The van der Waals surface area contributed by atoms with Crippen molar-refractivity contribution in [3.8, 4) is 0 Å². The number of nitrogens with zero attached hydrogens (tertiary/aromatic N) is 1. The molecule has 0 fully saturated rings. The highest BCUT2D eigenvalue weighted by atomic mass is 19.1. The molecular weight excluding hydrogens is 333 g/mol. The Bertz CT molecular complexity index is 789. The van der Waals surface area contributed by atoms with Crippen LogP contribution in [0.5, 0.6) is 0 Å². The topological polar surface area (TPSA) is 70.6 Å².